The van der Waals surface area contributed by atoms with Gasteiger partial charge in [-0.2, -0.15) is 5.10 Å². The Labute approximate surface area is 159 Å². The highest BCUT2D eigenvalue weighted by Crippen LogP contribution is 2.26. The fraction of sp³-hybridized carbons (Fsp3) is 0.400. The zero-order valence-electron chi connectivity index (χ0n) is 15.8. The molecule has 3 aromatic rings. The number of anilines is 2. The fourth-order valence-corrected chi connectivity index (χ4v) is 3.61. The van der Waals surface area contributed by atoms with Crippen LogP contribution in [0.4, 0.5) is 11.6 Å². The van der Waals surface area contributed by atoms with Gasteiger partial charge in [-0.3, -0.25) is 14.6 Å². The summed E-state index contributed by atoms with van der Waals surface area (Å²) >= 11 is 0. The highest BCUT2D eigenvalue weighted by molar-refractivity contribution is 5.50. The van der Waals surface area contributed by atoms with E-state index < -0.39 is 0 Å². The molecule has 0 spiro atoms. The van der Waals surface area contributed by atoms with Gasteiger partial charge in [0.2, 0.25) is 0 Å². The number of hydrogen-bond acceptors (Lipinski definition) is 6. The lowest BCUT2D eigenvalue weighted by molar-refractivity contribution is 0.198. The smallest absolute Gasteiger partial charge is 0.150 e. The molecular formula is C20H25N7. The Balaban J connectivity index is 1.39. The van der Waals surface area contributed by atoms with Crippen LogP contribution in [0.15, 0.2) is 43.0 Å². The summed E-state index contributed by atoms with van der Waals surface area (Å²) in [5.74, 6) is 1.94. The van der Waals surface area contributed by atoms with E-state index in [1.165, 1.54) is 12.0 Å². The van der Waals surface area contributed by atoms with E-state index in [0.29, 0.717) is 5.92 Å². The summed E-state index contributed by atoms with van der Waals surface area (Å²) in [5, 5.41) is 7.48. The van der Waals surface area contributed by atoms with E-state index in [4.69, 9.17) is 0 Å². The third kappa shape index (κ3) is 4.49. The second kappa shape index (κ2) is 7.84. The molecule has 1 saturated heterocycles. The first-order valence-corrected chi connectivity index (χ1v) is 9.38. The van der Waals surface area contributed by atoms with Gasteiger partial charge in [-0.1, -0.05) is 6.07 Å². The third-order valence-electron chi connectivity index (χ3n) is 4.90. The van der Waals surface area contributed by atoms with Gasteiger partial charge in [0.25, 0.3) is 0 Å². The summed E-state index contributed by atoms with van der Waals surface area (Å²) in [7, 11) is 1.96. The summed E-state index contributed by atoms with van der Waals surface area (Å²) in [6, 6.07) is 5.88. The van der Waals surface area contributed by atoms with Crippen LogP contribution in [0.3, 0.4) is 0 Å². The number of likely N-dealkylation sites (tertiary alicyclic amines) is 1. The van der Waals surface area contributed by atoms with E-state index in [9.17, 15) is 0 Å². The van der Waals surface area contributed by atoms with Gasteiger partial charge < -0.3 is 5.32 Å². The van der Waals surface area contributed by atoms with Crippen LogP contribution in [0.1, 0.15) is 35.7 Å². The number of hydrogen-bond donors (Lipinski definition) is 1. The number of nitrogens with one attached hydrogen (secondary N) is 1. The molecule has 0 aromatic carbocycles. The zero-order chi connectivity index (χ0) is 18.6. The summed E-state index contributed by atoms with van der Waals surface area (Å²) in [6.45, 7) is 5.05. The standard InChI is InChI=1S/C20H25N7/c1-15-5-3-7-19(24-15)25-20-11-21-18(10-22-20)17-6-4-8-27(14-17)13-16-9-23-26(2)12-16/h3,5,7,9-12,17H,4,6,8,13-14H2,1-2H3,(H,22,24,25). The minimum absolute atomic E-state index is 0.425. The topological polar surface area (TPSA) is 71.8 Å². The van der Waals surface area contributed by atoms with Crippen molar-refractivity contribution in [3.63, 3.8) is 0 Å². The van der Waals surface area contributed by atoms with Crippen molar-refractivity contribution in [2.24, 2.45) is 7.05 Å². The normalized spacial score (nSPS) is 17.8. The average Bonchev–Trinajstić information content (AvgIpc) is 3.07. The van der Waals surface area contributed by atoms with Crippen LogP contribution in [-0.2, 0) is 13.6 Å². The molecule has 0 radical (unpaired) electrons. The van der Waals surface area contributed by atoms with Gasteiger partial charge in [-0.15, -0.1) is 0 Å². The molecule has 4 rings (SSSR count). The molecule has 4 heterocycles. The number of aromatic nitrogens is 5. The van der Waals surface area contributed by atoms with Crippen LogP contribution in [0.5, 0.6) is 0 Å². The summed E-state index contributed by atoms with van der Waals surface area (Å²) in [5.41, 5.74) is 3.29. The van der Waals surface area contributed by atoms with Gasteiger partial charge in [-0.25, -0.2) is 9.97 Å². The Morgan fingerprint density at radius 1 is 1.15 bits per heavy atom. The molecule has 140 valence electrons. The van der Waals surface area contributed by atoms with Gasteiger partial charge in [0.05, 0.1) is 24.3 Å². The number of pyridine rings is 1. The maximum atomic E-state index is 4.67. The third-order valence-corrected chi connectivity index (χ3v) is 4.90. The van der Waals surface area contributed by atoms with E-state index in [2.05, 4.69) is 36.5 Å². The van der Waals surface area contributed by atoms with Crippen molar-refractivity contribution in [1.29, 1.82) is 0 Å². The molecule has 0 saturated carbocycles. The Morgan fingerprint density at radius 3 is 2.81 bits per heavy atom. The van der Waals surface area contributed by atoms with Gasteiger partial charge >= 0.3 is 0 Å². The van der Waals surface area contributed by atoms with Gasteiger partial charge in [-0.05, 0) is 38.4 Å². The SMILES string of the molecule is Cc1cccc(Nc2cnc(C3CCCN(Cc4cnn(C)c4)C3)cn2)n1. The van der Waals surface area contributed by atoms with Gasteiger partial charge in [0.1, 0.15) is 11.6 Å². The van der Waals surface area contributed by atoms with E-state index >= 15 is 0 Å². The molecule has 0 amide bonds. The van der Waals surface area contributed by atoms with Crippen LogP contribution < -0.4 is 5.32 Å². The largest absolute Gasteiger partial charge is 0.324 e. The summed E-state index contributed by atoms with van der Waals surface area (Å²) in [4.78, 5) is 16.1. The lowest BCUT2D eigenvalue weighted by Crippen LogP contribution is -2.34. The van der Waals surface area contributed by atoms with Crippen molar-refractivity contribution in [2.75, 3.05) is 18.4 Å². The van der Waals surface area contributed by atoms with E-state index in [1.54, 1.807) is 6.20 Å². The molecular weight excluding hydrogens is 338 g/mol. The predicted octanol–water partition coefficient (Wildman–Crippen LogP) is 3.04. The molecule has 7 heteroatoms. The van der Waals surface area contributed by atoms with Crippen LogP contribution >= 0.6 is 0 Å². The Bertz CT molecular complexity index is 887. The monoisotopic (exact) mass is 363 g/mol. The number of aryl methyl sites for hydroxylation is 2. The Kier molecular flexibility index (Phi) is 5.11. The lowest BCUT2D eigenvalue weighted by Gasteiger charge is -2.32. The highest BCUT2D eigenvalue weighted by atomic mass is 15.2. The molecule has 0 bridgehead atoms. The molecule has 3 aromatic heterocycles. The van der Waals surface area contributed by atoms with E-state index in [-0.39, 0.29) is 0 Å². The quantitative estimate of drug-likeness (QED) is 0.751. The molecule has 1 N–H and O–H groups in total. The minimum Gasteiger partial charge on any atom is -0.324 e. The van der Waals surface area contributed by atoms with Crippen LogP contribution in [0.25, 0.3) is 0 Å². The molecule has 1 aliphatic rings. The van der Waals surface area contributed by atoms with Crippen LogP contribution in [0.2, 0.25) is 0 Å². The second-order valence-corrected chi connectivity index (χ2v) is 7.21. The number of rotatable bonds is 5. The fourth-order valence-electron chi connectivity index (χ4n) is 3.61. The summed E-state index contributed by atoms with van der Waals surface area (Å²) in [6.07, 6.45) is 10.1. The highest BCUT2D eigenvalue weighted by Gasteiger charge is 2.23. The Morgan fingerprint density at radius 2 is 2.07 bits per heavy atom. The van der Waals surface area contributed by atoms with Crippen LogP contribution in [0, 0.1) is 6.92 Å². The van der Waals surface area contributed by atoms with E-state index in [1.807, 2.05) is 49.2 Å². The van der Waals surface area contributed by atoms with Crippen molar-refractivity contribution in [3.8, 4) is 0 Å². The number of nitrogens with zero attached hydrogens (tertiary/aromatic N) is 6. The Hall–Kier alpha value is -2.80. The minimum atomic E-state index is 0.425. The van der Waals surface area contributed by atoms with Gasteiger partial charge in [0.15, 0.2) is 0 Å². The second-order valence-electron chi connectivity index (χ2n) is 7.21. The average molecular weight is 363 g/mol. The van der Waals surface area contributed by atoms with Crippen molar-refractivity contribution >= 4 is 11.6 Å². The molecule has 0 aliphatic carbocycles. The van der Waals surface area contributed by atoms with Crippen LogP contribution in [-0.4, -0.2) is 42.7 Å². The molecule has 1 atom stereocenters. The number of piperidine rings is 1. The maximum Gasteiger partial charge on any atom is 0.150 e. The van der Waals surface area contributed by atoms with Gasteiger partial charge in [0, 0.05) is 43.5 Å². The molecule has 27 heavy (non-hydrogen) atoms. The predicted molar refractivity (Wildman–Crippen MR) is 105 cm³/mol. The van der Waals surface area contributed by atoms with Crippen molar-refractivity contribution in [1.82, 2.24) is 29.6 Å². The molecule has 1 aliphatic heterocycles. The molecule has 7 nitrogen and oxygen atoms in total. The first-order chi connectivity index (χ1) is 13.2. The first kappa shape index (κ1) is 17.6. The first-order valence-electron chi connectivity index (χ1n) is 9.38. The van der Waals surface area contributed by atoms with E-state index in [0.717, 1.165) is 49.1 Å². The molecule has 1 unspecified atom stereocenters. The zero-order valence-corrected chi connectivity index (χ0v) is 15.8. The van der Waals surface area contributed by atoms with Crippen molar-refractivity contribution < 1.29 is 0 Å². The maximum absolute atomic E-state index is 4.67. The lowest BCUT2D eigenvalue weighted by atomic mass is 9.95. The van der Waals surface area contributed by atoms with Crippen molar-refractivity contribution in [2.45, 2.75) is 32.2 Å². The van der Waals surface area contributed by atoms with Crippen molar-refractivity contribution in [3.05, 3.63) is 59.9 Å². The molecule has 1 fully saturated rings. The summed E-state index contributed by atoms with van der Waals surface area (Å²) < 4.78 is 1.86.